The minimum Gasteiger partial charge on any atom is -0.293 e. The summed E-state index contributed by atoms with van der Waals surface area (Å²) in [6.45, 7) is 1.99. The topological polar surface area (TPSA) is 52.7 Å². The van der Waals surface area contributed by atoms with Crippen molar-refractivity contribution in [3.05, 3.63) is 58.0 Å². The molecule has 20 heavy (non-hydrogen) atoms. The molecule has 2 heterocycles. The molecule has 0 aliphatic carbocycles. The second-order valence-corrected chi connectivity index (χ2v) is 4.68. The zero-order valence-corrected chi connectivity index (χ0v) is 11.2. The van der Waals surface area contributed by atoms with Crippen LogP contribution in [0.25, 0.3) is 11.0 Å². The molecule has 0 radical (unpaired) electrons. The van der Waals surface area contributed by atoms with Gasteiger partial charge in [-0.3, -0.25) is 14.0 Å². The number of benzene rings is 1. The Morgan fingerprint density at radius 2 is 2.00 bits per heavy atom. The highest BCUT2D eigenvalue weighted by Crippen LogP contribution is 2.11. The lowest BCUT2D eigenvalue weighted by atomic mass is 10.2. The molecular weight excluding hydrogens is 259 g/mol. The molecule has 3 rings (SSSR count). The SMILES string of the molecule is Cc1c2ncn(Cc3ccccc3F)c(=O)c2nn1C. The smallest absolute Gasteiger partial charge is 0.282 e. The monoisotopic (exact) mass is 272 g/mol. The first-order valence-electron chi connectivity index (χ1n) is 6.20. The maximum atomic E-state index is 13.6. The van der Waals surface area contributed by atoms with E-state index in [1.807, 2.05) is 6.92 Å². The van der Waals surface area contributed by atoms with Crippen molar-refractivity contribution in [1.82, 2.24) is 19.3 Å². The summed E-state index contributed by atoms with van der Waals surface area (Å²) in [7, 11) is 1.76. The molecule has 102 valence electrons. The number of hydrogen-bond donors (Lipinski definition) is 0. The first-order valence-corrected chi connectivity index (χ1v) is 6.20. The summed E-state index contributed by atoms with van der Waals surface area (Å²) in [6.07, 6.45) is 1.44. The van der Waals surface area contributed by atoms with E-state index in [0.29, 0.717) is 16.6 Å². The van der Waals surface area contributed by atoms with E-state index in [0.717, 1.165) is 5.69 Å². The van der Waals surface area contributed by atoms with Crippen LogP contribution in [0.1, 0.15) is 11.3 Å². The Hall–Kier alpha value is -2.50. The molecule has 0 aliphatic heterocycles. The van der Waals surface area contributed by atoms with Gasteiger partial charge in [0.2, 0.25) is 0 Å². The van der Waals surface area contributed by atoms with Gasteiger partial charge in [0.15, 0.2) is 5.52 Å². The largest absolute Gasteiger partial charge is 0.293 e. The molecule has 2 aromatic heterocycles. The van der Waals surface area contributed by atoms with Crippen LogP contribution in [0.5, 0.6) is 0 Å². The molecule has 6 heteroatoms. The molecule has 1 aromatic carbocycles. The predicted molar refractivity (Wildman–Crippen MR) is 73.0 cm³/mol. The fraction of sp³-hybridized carbons (Fsp3) is 0.214. The van der Waals surface area contributed by atoms with Gasteiger partial charge >= 0.3 is 0 Å². The molecule has 3 aromatic rings. The van der Waals surface area contributed by atoms with Crippen LogP contribution in [0, 0.1) is 12.7 Å². The molecular formula is C14H13FN4O. The van der Waals surface area contributed by atoms with E-state index in [9.17, 15) is 9.18 Å². The zero-order chi connectivity index (χ0) is 14.3. The summed E-state index contributed by atoms with van der Waals surface area (Å²) in [5.74, 6) is -0.336. The number of aromatic nitrogens is 4. The van der Waals surface area contributed by atoms with Gasteiger partial charge in [-0.15, -0.1) is 0 Å². The maximum Gasteiger partial charge on any atom is 0.282 e. The summed E-state index contributed by atoms with van der Waals surface area (Å²) >= 11 is 0. The Bertz CT molecular complexity index is 850. The quantitative estimate of drug-likeness (QED) is 0.712. The van der Waals surface area contributed by atoms with E-state index in [4.69, 9.17) is 0 Å². The Morgan fingerprint density at radius 1 is 1.25 bits per heavy atom. The highest BCUT2D eigenvalue weighted by atomic mass is 19.1. The average molecular weight is 272 g/mol. The van der Waals surface area contributed by atoms with E-state index in [1.165, 1.54) is 17.0 Å². The summed E-state index contributed by atoms with van der Waals surface area (Å²) in [6, 6.07) is 6.37. The standard InChI is InChI=1S/C14H13FN4O/c1-9-12-13(17-18(9)2)14(20)19(8-16-12)7-10-5-3-4-6-11(10)15/h3-6,8H,7H2,1-2H3. The van der Waals surface area contributed by atoms with Crippen LogP contribution in [0.4, 0.5) is 4.39 Å². The summed E-state index contributed by atoms with van der Waals surface area (Å²) in [4.78, 5) is 16.6. The van der Waals surface area contributed by atoms with Crippen LogP contribution in [-0.2, 0) is 13.6 Å². The van der Waals surface area contributed by atoms with Gasteiger partial charge in [0.05, 0.1) is 18.6 Å². The van der Waals surface area contributed by atoms with Gasteiger partial charge in [-0.25, -0.2) is 9.37 Å². The van der Waals surface area contributed by atoms with E-state index in [-0.39, 0.29) is 17.9 Å². The van der Waals surface area contributed by atoms with Crippen molar-refractivity contribution >= 4 is 11.0 Å². The molecule has 0 bridgehead atoms. The van der Waals surface area contributed by atoms with Crippen molar-refractivity contribution in [2.24, 2.45) is 7.05 Å². The molecule has 0 atom stereocenters. The van der Waals surface area contributed by atoms with Gasteiger partial charge in [0.25, 0.3) is 5.56 Å². The lowest BCUT2D eigenvalue weighted by Gasteiger charge is -2.05. The fourth-order valence-corrected chi connectivity index (χ4v) is 2.13. The van der Waals surface area contributed by atoms with Crippen LogP contribution in [0.3, 0.4) is 0 Å². The van der Waals surface area contributed by atoms with Crippen molar-refractivity contribution in [2.75, 3.05) is 0 Å². The first kappa shape index (κ1) is 12.5. The lowest BCUT2D eigenvalue weighted by molar-refractivity contribution is 0.595. The lowest BCUT2D eigenvalue weighted by Crippen LogP contribution is -2.21. The number of rotatable bonds is 2. The molecule has 0 spiro atoms. The molecule has 0 saturated heterocycles. The zero-order valence-electron chi connectivity index (χ0n) is 11.2. The van der Waals surface area contributed by atoms with Gasteiger partial charge < -0.3 is 0 Å². The highest BCUT2D eigenvalue weighted by molar-refractivity contribution is 5.75. The predicted octanol–water partition coefficient (Wildman–Crippen LogP) is 1.63. The van der Waals surface area contributed by atoms with Crippen LogP contribution in [0.15, 0.2) is 35.4 Å². The number of aryl methyl sites for hydroxylation is 2. The van der Waals surface area contributed by atoms with Crippen LogP contribution in [0.2, 0.25) is 0 Å². The molecule has 0 unspecified atom stereocenters. The van der Waals surface area contributed by atoms with Crippen molar-refractivity contribution in [3.8, 4) is 0 Å². The number of hydrogen-bond acceptors (Lipinski definition) is 3. The van der Waals surface area contributed by atoms with Crippen LogP contribution >= 0.6 is 0 Å². The molecule has 0 aliphatic rings. The minimum atomic E-state index is -0.336. The Kier molecular flexibility index (Phi) is 2.85. The van der Waals surface area contributed by atoms with Gasteiger partial charge in [-0.05, 0) is 13.0 Å². The highest BCUT2D eigenvalue weighted by Gasteiger charge is 2.12. The van der Waals surface area contributed by atoms with E-state index in [2.05, 4.69) is 10.1 Å². The molecule has 0 amide bonds. The average Bonchev–Trinajstić information content (AvgIpc) is 2.72. The van der Waals surface area contributed by atoms with Crippen molar-refractivity contribution < 1.29 is 4.39 Å². The number of fused-ring (bicyclic) bond motifs is 1. The normalized spacial score (nSPS) is 11.2. The van der Waals surface area contributed by atoms with Crippen LogP contribution < -0.4 is 5.56 Å². The fourth-order valence-electron chi connectivity index (χ4n) is 2.13. The Labute approximate surface area is 114 Å². The third-order valence-corrected chi connectivity index (χ3v) is 3.39. The third kappa shape index (κ3) is 1.89. The first-order chi connectivity index (χ1) is 9.58. The molecule has 5 nitrogen and oxygen atoms in total. The van der Waals surface area contributed by atoms with Gasteiger partial charge in [0.1, 0.15) is 11.3 Å². The summed E-state index contributed by atoms with van der Waals surface area (Å²) in [5, 5.41) is 4.16. The summed E-state index contributed by atoms with van der Waals surface area (Å²) in [5.41, 5.74) is 1.91. The molecule has 0 fully saturated rings. The Morgan fingerprint density at radius 3 is 2.75 bits per heavy atom. The molecule has 0 saturated carbocycles. The van der Waals surface area contributed by atoms with Gasteiger partial charge in [-0.1, -0.05) is 18.2 Å². The van der Waals surface area contributed by atoms with E-state index >= 15 is 0 Å². The second-order valence-electron chi connectivity index (χ2n) is 4.68. The third-order valence-electron chi connectivity index (χ3n) is 3.39. The minimum absolute atomic E-state index is 0.143. The molecule has 0 N–H and O–H groups in total. The number of halogens is 1. The van der Waals surface area contributed by atoms with Gasteiger partial charge in [-0.2, -0.15) is 5.10 Å². The maximum absolute atomic E-state index is 13.6. The van der Waals surface area contributed by atoms with Crippen molar-refractivity contribution in [3.63, 3.8) is 0 Å². The summed E-state index contributed by atoms with van der Waals surface area (Å²) < 4.78 is 16.6. The van der Waals surface area contributed by atoms with E-state index in [1.54, 1.807) is 29.9 Å². The van der Waals surface area contributed by atoms with Crippen LogP contribution in [-0.4, -0.2) is 19.3 Å². The number of nitrogens with zero attached hydrogens (tertiary/aromatic N) is 4. The Balaban J connectivity index is 2.12. The van der Waals surface area contributed by atoms with Crippen molar-refractivity contribution in [2.45, 2.75) is 13.5 Å². The van der Waals surface area contributed by atoms with Crippen molar-refractivity contribution in [1.29, 1.82) is 0 Å². The second kappa shape index (κ2) is 4.56. The van der Waals surface area contributed by atoms with Gasteiger partial charge in [0, 0.05) is 12.6 Å². The van der Waals surface area contributed by atoms with E-state index < -0.39 is 0 Å².